The summed E-state index contributed by atoms with van der Waals surface area (Å²) >= 11 is 0. The van der Waals surface area contributed by atoms with Crippen molar-refractivity contribution in [1.29, 1.82) is 0 Å². The SMILES string of the molecule is [2H]C1=C[C@]2(C)[C@H]3CC[C@]4(C)[C@@H]([C@H](C)CCCC(C)C)CC[C@H]4[C@@H]3CC[C@H]2C([2H])([2H])/C1=N/O. The maximum absolute atomic E-state index is 9.42. The van der Waals surface area contributed by atoms with Crippen LogP contribution in [0, 0.1) is 52.3 Å². The molecule has 4 aliphatic rings. The summed E-state index contributed by atoms with van der Waals surface area (Å²) in [5.74, 6) is 4.01. The minimum atomic E-state index is -1.73. The molecule has 0 aromatic carbocycles. The van der Waals surface area contributed by atoms with E-state index >= 15 is 0 Å². The van der Waals surface area contributed by atoms with Crippen LogP contribution in [0.2, 0.25) is 0 Å². The maximum Gasteiger partial charge on any atom is 0.0795 e. The molecule has 1 N–H and O–H groups in total. The van der Waals surface area contributed by atoms with Crippen molar-refractivity contribution in [1.82, 2.24) is 0 Å². The molecule has 29 heavy (non-hydrogen) atoms. The molecule has 0 spiro atoms. The van der Waals surface area contributed by atoms with Gasteiger partial charge in [-0.15, -0.1) is 0 Å². The molecule has 3 fully saturated rings. The molecule has 164 valence electrons. The molecule has 0 aliphatic heterocycles. The Hall–Kier alpha value is -0.790. The summed E-state index contributed by atoms with van der Waals surface area (Å²) in [6.45, 7) is 12.0. The molecular weight excluding hydrogens is 354 g/mol. The van der Waals surface area contributed by atoms with Gasteiger partial charge in [-0.1, -0.05) is 65.1 Å². The van der Waals surface area contributed by atoms with Crippen LogP contribution < -0.4 is 0 Å². The number of rotatable bonds is 5. The zero-order chi connectivity index (χ0) is 23.5. The lowest BCUT2D eigenvalue weighted by molar-refractivity contribution is -0.0809. The first-order valence-corrected chi connectivity index (χ1v) is 12.4. The first kappa shape index (κ1) is 17.8. The van der Waals surface area contributed by atoms with E-state index in [1.807, 2.05) is 6.08 Å². The topological polar surface area (TPSA) is 32.6 Å². The predicted molar refractivity (Wildman–Crippen MR) is 122 cm³/mol. The number of allylic oxidation sites excluding steroid dienone is 2. The first-order valence-electron chi connectivity index (χ1n) is 13.9. The van der Waals surface area contributed by atoms with Gasteiger partial charge >= 0.3 is 0 Å². The second-order valence-electron chi connectivity index (χ2n) is 11.8. The summed E-state index contributed by atoms with van der Waals surface area (Å²) in [4.78, 5) is 0. The molecular formula is C27H45NO. The van der Waals surface area contributed by atoms with Crippen LogP contribution >= 0.6 is 0 Å². The van der Waals surface area contributed by atoms with Gasteiger partial charge in [0, 0.05) is 2.74 Å². The molecule has 0 bridgehead atoms. The molecule has 8 atom stereocenters. The molecule has 2 heteroatoms. The van der Waals surface area contributed by atoms with Gasteiger partial charge in [0.2, 0.25) is 0 Å². The summed E-state index contributed by atoms with van der Waals surface area (Å²) in [7, 11) is 0. The van der Waals surface area contributed by atoms with E-state index in [-0.39, 0.29) is 23.1 Å². The van der Waals surface area contributed by atoms with Gasteiger partial charge in [-0.05, 0) is 103 Å². The standard InChI is InChI=1S/C27H45NO/c1-18(2)7-6-8-19(3)23-11-12-24-22-10-9-20-17-21(28-29)13-15-26(20,4)25(22)14-16-27(23,24)5/h13,15,18-20,22-25,29H,6-12,14,16-17H2,1-5H3/b28-21+/t19-,20+,22+,23-,24+,25+,26+,27-/m1/s1/i13D,17D2. The second-order valence-corrected chi connectivity index (χ2v) is 11.8. The van der Waals surface area contributed by atoms with E-state index in [2.05, 4.69) is 39.8 Å². The highest BCUT2D eigenvalue weighted by atomic mass is 16.4. The van der Waals surface area contributed by atoms with Crippen LogP contribution in [0.4, 0.5) is 0 Å². The molecule has 2 nitrogen and oxygen atoms in total. The number of hydrogen-bond acceptors (Lipinski definition) is 2. The molecule has 0 amide bonds. The lowest BCUT2D eigenvalue weighted by Gasteiger charge is -2.59. The zero-order valence-corrected chi connectivity index (χ0v) is 19.4. The minimum Gasteiger partial charge on any atom is -0.411 e. The monoisotopic (exact) mass is 402 g/mol. The van der Waals surface area contributed by atoms with Crippen LogP contribution in [0.3, 0.4) is 0 Å². The molecule has 3 saturated carbocycles. The highest BCUT2D eigenvalue weighted by molar-refractivity contribution is 5.95. The average molecular weight is 403 g/mol. The van der Waals surface area contributed by atoms with Crippen LogP contribution in [0.5, 0.6) is 0 Å². The van der Waals surface area contributed by atoms with Crippen molar-refractivity contribution in [3.05, 3.63) is 12.1 Å². The van der Waals surface area contributed by atoms with E-state index in [0.29, 0.717) is 17.3 Å². The highest BCUT2D eigenvalue weighted by Gasteiger charge is 2.59. The van der Waals surface area contributed by atoms with Crippen LogP contribution in [-0.2, 0) is 0 Å². The van der Waals surface area contributed by atoms with Gasteiger partial charge in [0.1, 0.15) is 0 Å². The fourth-order valence-corrected chi connectivity index (χ4v) is 8.34. The van der Waals surface area contributed by atoms with E-state index in [4.69, 9.17) is 4.11 Å². The van der Waals surface area contributed by atoms with Crippen LogP contribution in [-0.4, -0.2) is 10.9 Å². The number of fused-ring (bicyclic) bond motifs is 5. The van der Waals surface area contributed by atoms with Crippen molar-refractivity contribution in [2.45, 2.75) is 98.8 Å². The summed E-state index contributed by atoms with van der Waals surface area (Å²) in [5, 5.41) is 12.6. The van der Waals surface area contributed by atoms with Gasteiger partial charge in [0.05, 0.1) is 7.08 Å². The average Bonchev–Trinajstić information content (AvgIpc) is 3.04. The Morgan fingerprint density at radius 2 is 1.93 bits per heavy atom. The van der Waals surface area contributed by atoms with Crippen LogP contribution in [0.15, 0.2) is 17.3 Å². The van der Waals surface area contributed by atoms with Crippen molar-refractivity contribution < 1.29 is 9.32 Å². The van der Waals surface area contributed by atoms with Crippen molar-refractivity contribution in [3.8, 4) is 0 Å². The van der Waals surface area contributed by atoms with Crippen molar-refractivity contribution in [2.75, 3.05) is 0 Å². The second kappa shape index (κ2) is 8.04. The molecule has 4 aliphatic carbocycles. The van der Waals surface area contributed by atoms with Crippen LogP contribution in [0.25, 0.3) is 0 Å². The summed E-state index contributed by atoms with van der Waals surface area (Å²) in [6.07, 6.45) is 11.3. The Bertz CT molecular complexity index is 777. The van der Waals surface area contributed by atoms with Gasteiger partial charge in [-0.2, -0.15) is 0 Å². The molecule has 0 radical (unpaired) electrons. The zero-order valence-electron chi connectivity index (χ0n) is 22.4. The third-order valence-electron chi connectivity index (χ3n) is 9.91. The smallest absolute Gasteiger partial charge is 0.0795 e. The normalized spacial score (nSPS) is 50.0. The Morgan fingerprint density at radius 1 is 1.14 bits per heavy atom. The summed E-state index contributed by atoms with van der Waals surface area (Å²) < 4.78 is 25.9. The third-order valence-corrected chi connectivity index (χ3v) is 9.91. The Morgan fingerprint density at radius 3 is 2.66 bits per heavy atom. The Kier molecular flexibility index (Phi) is 4.95. The highest BCUT2D eigenvalue weighted by Crippen LogP contribution is 2.67. The summed E-state index contributed by atoms with van der Waals surface area (Å²) in [6, 6.07) is 0.0910. The van der Waals surface area contributed by atoms with Crippen molar-refractivity contribution in [2.24, 2.45) is 57.4 Å². The lowest BCUT2D eigenvalue weighted by Crippen LogP contribution is -2.52. The maximum atomic E-state index is 9.42. The first-order chi connectivity index (χ1) is 15.0. The lowest BCUT2D eigenvalue weighted by atomic mass is 9.45. The fraction of sp³-hybridized carbons (Fsp3) is 0.889. The predicted octanol–water partition coefficient (Wildman–Crippen LogP) is 7.71. The molecule has 0 aromatic rings. The molecule has 0 saturated heterocycles. The molecule has 4 rings (SSSR count). The van der Waals surface area contributed by atoms with Crippen molar-refractivity contribution in [3.63, 3.8) is 0 Å². The Balaban J connectivity index is 1.57. The van der Waals surface area contributed by atoms with Gasteiger partial charge < -0.3 is 5.21 Å². The summed E-state index contributed by atoms with van der Waals surface area (Å²) in [5.41, 5.74) is 0.0239. The van der Waals surface area contributed by atoms with Crippen LogP contribution in [0.1, 0.15) is 103 Å². The molecule has 0 unspecified atom stereocenters. The van der Waals surface area contributed by atoms with Crippen molar-refractivity contribution >= 4 is 5.71 Å². The number of oxime groups is 1. The van der Waals surface area contributed by atoms with Gasteiger partial charge in [0.15, 0.2) is 0 Å². The van der Waals surface area contributed by atoms with Gasteiger partial charge in [-0.3, -0.25) is 0 Å². The molecule has 0 aromatic heterocycles. The number of nitrogens with zero attached hydrogens (tertiary/aromatic N) is 1. The molecule has 0 heterocycles. The minimum absolute atomic E-state index is 0.0739. The van der Waals surface area contributed by atoms with E-state index in [0.717, 1.165) is 42.9 Å². The van der Waals surface area contributed by atoms with E-state index < -0.39 is 6.37 Å². The fourth-order valence-electron chi connectivity index (χ4n) is 8.34. The third kappa shape index (κ3) is 3.61. The van der Waals surface area contributed by atoms with Gasteiger partial charge in [-0.25, -0.2) is 0 Å². The van der Waals surface area contributed by atoms with Gasteiger partial charge in [0.25, 0.3) is 0 Å². The largest absolute Gasteiger partial charge is 0.411 e. The van der Waals surface area contributed by atoms with E-state index in [1.165, 1.54) is 38.5 Å². The number of hydrogen-bond donors (Lipinski definition) is 1. The van der Waals surface area contributed by atoms with E-state index in [9.17, 15) is 5.21 Å². The quantitative estimate of drug-likeness (QED) is 0.370. The Labute approximate surface area is 183 Å². The van der Waals surface area contributed by atoms with E-state index in [1.54, 1.807) is 0 Å².